The van der Waals surface area contributed by atoms with E-state index in [4.69, 9.17) is 5.84 Å². The first kappa shape index (κ1) is 17.3. The van der Waals surface area contributed by atoms with Crippen LogP contribution in [-0.2, 0) is 10.0 Å². The highest BCUT2D eigenvalue weighted by Gasteiger charge is 2.28. The zero-order chi connectivity index (χ0) is 16.2. The number of non-ortho nitro benzene ring substituents is 1. The summed E-state index contributed by atoms with van der Waals surface area (Å²) in [6.45, 7) is 6.10. The summed E-state index contributed by atoms with van der Waals surface area (Å²) in [4.78, 5) is 10.0. The van der Waals surface area contributed by atoms with E-state index in [1.807, 2.05) is 13.8 Å². The number of rotatable bonds is 7. The van der Waals surface area contributed by atoms with Crippen LogP contribution in [0.5, 0.6) is 0 Å². The van der Waals surface area contributed by atoms with Crippen molar-refractivity contribution in [1.29, 1.82) is 0 Å². The van der Waals surface area contributed by atoms with Crippen LogP contribution in [0.4, 0.5) is 11.4 Å². The van der Waals surface area contributed by atoms with Gasteiger partial charge in [-0.2, -0.15) is 4.31 Å². The number of benzene rings is 1. The first-order valence-electron chi connectivity index (χ1n) is 6.49. The molecule has 0 fully saturated rings. The standard InChI is InChI=1S/C12H20N4O4S/c1-4-15(8-9(2)3)21(19,20)12-7-10(16(17)18)5-6-11(12)14-13/h5-7,9,14H,4,8,13H2,1-3H3. The lowest BCUT2D eigenvalue weighted by molar-refractivity contribution is -0.385. The average Bonchev–Trinajstić information content (AvgIpc) is 2.43. The SMILES string of the molecule is CCN(CC(C)C)S(=O)(=O)c1cc([N+](=O)[O-])ccc1NN. The van der Waals surface area contributed by atoms with Gasteiger partial charge in [0.1, 0.15) is 4.90 Å². The van der Waals surface area contributed by atoms with Gasteiger partial charge in [-0.15, -0.1) is 0 Å². The van der Waals surface area contributed by atoms with Crippen LogP contribution in [0.3, 0.4) is 0 Å². The summed E-state index contributed by atoms with van der Waals surface area (Å²) in [5, 5.41) is 10.8. The molecule has 0 aliphatic carbocycles. The van der Waals surface area contributed by atoms with Crippen molar-refractivity contribution in [2.24, 2.45) is 11.8 Å². The molecular formula is C12H20N4O4S. The molecule has 9 heteroatoms. The molecule has 0 amide bonds. The number of hydrogen-bond acceptors (Lipinski definition) is 6. The smallest absolute Gasteiger partial charge is 0.270 e. The summed E-state index contributed by atoms with van der Waals surface area (Å²) in [5.74, 6) is 5.45. The lowest BCUT2D eigenvalue weighted by Crippen LogP contribution is -2.34. The van der Waals surface area contributed by atoms with E-state index in [0.29, 0.717) is 6.54 Å². The van der Waals surface area contributed by atoms with Crippen LogP contribution in [0.1, 0.15) is 20.8 Å². The first-order valence-corrected chi connectivity index (χ1v) is 7.93. The summed E-state index contributed by atoms with van der Waals surface area (Å²) in [7, 11) is -3.86. The minimum absolute atomic E-state index is 0.128. The van der Waals surface area contributed by atoms with Crippen LogP contribution >= 0.6 is 0 Å². The van der Waals surface area contributed by atoms with Crippen LogP contribution in [0.2, 0.25) is 0 Å². The molecule has 1 aromatic rings. The highest BCUT2D eigenvalue weighted by molar-refractivity contribution is 7.89. The molecule has 0 aliphatic rings. The first-order chi connectivity index (χ1) is 9.73. The molecule has 0 aliphatic heterocycles. The number of nitrogens with zero attached hydrogens (tertiary/aromatic N) is 2. The molecule has 0 aromatic heterocycles. The molecule has 118 valence electrons. The predicted octanol–water partition coefficient (Wildman–Crippen LogP) is 1.55. The molecule has 0 spiro atoms. The molecule has 0 bridgehead atoms. The highest BCUT2D eigenvalue weighted by Crippen LogP contribution is 2.28. The van der Waals surface area contributed by atoms with Gasteiger partial charge >= 0.3 is 0 Å². The molecule has 0 radical (unpaired) electrons. The third kappa shape index (κ3) is 3.90. The summed E-state index contributed by atoms with van der Waals surface area (Å²) < 4.78 is 26.6. The van der Waals surface area contributed by atoms with E-state index in [2.05, 4.69) is 5.43 Å². The summed E-state index contributed by atoms with van der Waals surface area (Å²) in [6.07, 6.45) is 0. The normalized spacial score (nSPS) is 11.9. The number of hydrogen-bond donors (Lipinski definition) is 2. The van der Waals surface area contributed by atoms with Crippen molar-refractivity contribution in [3.05, 3.63) is 28.3 Å². The molecule has 0 atom stereocenters. The number of nitro benzene ring substituents is 1. The Morgan fingerprint density at radius 2 is 2.05 bits per heavy atom. The van der Waals surface area contributed by atoms with E-state index >= 15 is 0 Å². The molecule has 3 N–H and O–H groups in total. The van der Waals surface area contributed by atoms with Crippen molar-refractivity contribution in [2.75, 3.05) is 18.5 Å². The minimum Gasteiger partial charge on any atom is -0.323 e. The Morgan fingerprint density at radius 3 is 2.48 bits per heavy atom. The Kier molecular flexibility index (Phi) is 5.64. The maximum absolute atomic E-state index is 12.7. The van der Waals surface area contributed by atoms with Gasteiger partial charge in [-0.3, -0.25) is 16.0 Å². The fourth-order valence-corrected chi connectivity index (χ4v) is 3.69. The lowest BCUT2D eigenvalue weighted by Gasteiger charge is -2.23. The number of sulfonamides is 1. The van der Waals surface area contributed by atoms with Crippen LogP contribution < -0.4 is 11.3 Å². The maximum atomic E-state index is 12.7. The van der Waals surface area contributed by atoms with Gasteiger partial charge in [0.2, 0.25) is 10.0 Å². The molecule has 21 heavy (non-hydrogen) atoms. The van der Waals surface area contributed by atoms with Crippen molar-refractivity contribution in [3.8, 4) is 0 Å². The van der Waals surface area contributed by atoms with Crippen molar-refractivity contribution in [2.45, 2.75) is 25.7 Å². The second-order valence-electron chi connectivity index (χ2n) is 4.93. The number of nitrogens with two attached hydrogens (primary N) is 1. The fourth-order valence-electron chi connectivity index (χ4n) is 1.90. The summed E-state index contributed by atoms with van der Waals surface area (Å²) >= 11 is 0. The number of nitrogens with one attached hydrogen (secondary N) is 1. The quantitative estimate of drug-likeness (QED) is 0.447. The van der Waals surface area contributed by atoms with Gasteiger partial charge in [0.25, 0.3) is 5.69 Å². The Bertz CT molecular complexity index is 616. The number of anilines is 1. The van der Waals surface area contributed by atoms with E-state index in [9.17, 15) is 18.5 Å². The van der Waals surface area contributed by atoms with Gasteiger partial charge in [-0.25, -0.2) is 8.42 Å². The molecule has 0 saturated heterocycles. The minimum atomic E-state index is -3.86. The van der Waals surface area contributed by atoms with Gasteiger partial charge in [-0.1, -0.05) is 20.8 Å². The molecule has 1 aromatic carbocycles. The largest absolute Gasteiger partial charge is 0.323 e. The van der Waals surface area contributed by atoms with Gasteiger partial charge in [0.15, 0.2) is 0 Å². The van der Waals surface area contributed by atoms with Crippen molar-refractivity contribution in [3.63, 3.8) is 0 Å². The predicted molar refractivity (Wildman–Crippen MR) is 80.2 cm³/mol. The molecule has 0 unspecified atom stereocenters. The zero-order valence-corrected chi connectivity index (χ0v) is 13.1. The Hall–Kier alpha value is -1.71. The van der Waals surface area contributed by atoms with Gasteiger partial charge in [0.05, 0.1) is 10.6 Å². The van der Waals surface area contributed by atoms with Crippen LogP contribution in [0.15, 0.2) is 23.1 Å². The molecule has 8 nitrogen and oxygen atoms in total. The Morgan fingerprint density at radius 1 is 1.43 bits per heavy atom. The van der Waals surface area contributed by atoms with Crippen molar-refractivity contribution in [1.82, 2.24) is 4.31 Å². The topological polar surface area (TPSA) is 119 Å². The third-order valence-electron chi connectivity index (χ3n) is 2.87. The Balaban J connectivity index is 3.40. The Labute approximate surface area is 124 Å². The number of hydrazine groups is 1. The van der Waals surface area contributed by atoms with Crippen LogP contribution in [-0.4, -0.2) is 30.7 Å². The summed E-state index contributed by atoms with van der Waals surface area (Å²) in [5.41, 5.74) is 2.10. The third-order valence-corrected chi connectivity index (χ3v) is 4.85. The van der Waals surface area contributed by atoms with Crippen molar-refractivity contribution >= 4 is 21.4 Å². The monoisotopic (exact) mass is 316 g/mol. The lowest BCUT2D eigenvalue weighted by atomic mass is 10.2. The maximum Gasteiger partial charge on any atom is 0.270 e. The number of nitro groups is 1. The van der Waals surface area contributed by atoms with Crippen LogP contribution in [0, 0.1) is 16.0 Å². The second-order valence-corrected chi connectivity index (χ2v) is 6.84. The van der Waals surface area contributed by atoms with E-state index in [-0.39, 0.29) is 28.7 Å². The molecule has 0 heterocycles. The van der Waals surface area contributed by atoms with Crippen LogP contribution in [0.25, 0.3) is 0 Å². The molecule has 0 saturated carbocycles. The fraction of sp³-hybridized carbons (Fsp3) is 0.500. The second kappa shape index (κ2) is 6.83. The van der Waals surface area contributed by atoms with Crippen molar-refractivity contribution < 1.29 is 13.3 Å². The summed E-state index contributed by atoms with van der Waals surface area (Å²) in [6, 6.07) is 3.51. The van der Waals surface area contributed by atoms with E-state index < -0.39 is 14.9 Å². The van der Waals surface area contributed by atoms with Gasteiger partial charge in [0, 0.05) is 25.2 Å². The average molecular weight is 316 g/mol. The molecular weight excluding hydrogens is 296 g/mol. The van der Waals surface area contributed by atoms with Gasteiger partial charge in [-0.05, 0) is 12.0 Å². The molecule has 1 rings (SSSR count). The van der Waals surface area contributed by atoms with E-state index in [1.165, 1.54) is 16.4 Å². The van der Waals surface area contributed by atoms with Gasteiger partial charge < -0.3 is 5.43 Å². The zero-order valence-electron chi connectivity index (χ0n) is 12.2. The number of nitrogen functional groups attached to an aromatic ring is 1. The highest BCUT2D eigenvalue weighted by atomic mass is 32.2. The van der Waals surface area contributed by atoms with E-state index in [1.54, 1.807) is 6.92 Å². The van der Waals surface area contributed by atoms with E-state index in [0.717, 1.165) is 6.07 Å².